The van der Waals surface area contributed by atoms with Crippen LogP contribution in [0.5, 0.6) is 0 Å². The molecule has 1 aromatic rings. The second kappa shape index (κ2) is 7.68. The Labute approximate surface area is 124 Å². The highest BCUT2D eigenvalue weighted by molar-refractivity contribution is 5.56. The smallest absolute Gasteiger partial charge is 0.0398 e. The van der Waals surface area contributed by atoms with Crippen molar-refractivity contribution in [2.24, 2.45) is 0 Å². The minimum Gasteiger partial charge on any atom is -0.368 e. The number of aryl methyl sites for hydroxylation is 1. The first kappa shape index (κ1) is 15.4. The quantitative estimate of drug-likeness (QED) is 0.677. The number of hydrogen-bond acceptors (Lipinski definition) is 2. The maximum Gasteiger partial charge on any atom is 0.0398 e. The van der Waals surface area contributed by atoms with Gasteiger partial charge in [0.1, 0.15) is 0 Å². The SMILES string of the molecule is CCCCN(c1ccc(CNCCC)cc1C)C1CC1. The number of nitrogens with one attached hydrogen (secondary N) is 1. The molecule has 0 aromatic heterocycles. The number of hydrogen-bond donors (Lipinski definition) is 1. The molecule has 2 nitrogen and oxygen atoms in total. The van der Waals surface area contributed by atoms with Crippen LogP contribution in [0.15, 0.2) is 18.2 Å². The third-order valence-corrected chi connectivity index (χ3v) is 4.07. The van der Waals surface area contributed by atoms with Gasteiger partial charge in [0.25, 0.3) is 0 Å². The van der Waals surface area contributed by atoms with Crippen molar-refractivity contribution >= 4 is 5.69 Å². The van der Waals surface area contributed by atoms with Crippen LogP contribution >= 0.6 is 0 Å². The fraction of sp³-hybridized carbons (Fsp3) is 0.667. The first-order valence-corrected chi connectivity index (χ1v) is 8.33. The lowest BCUT2D eigenvalue weighted by atomic mass is 10.1. The highest BCUT2D eigenvalue weighted by Gasteiger charge is 2.29. The Hall–Kier alpha value is -1.02. The van der Waals surface area contributed by atoms with Gasteiger partial charge in [-0.1, -0.05) is 32.4 Å². The molecule has 0 heterocycles. The number of benzene rings is 1. The zero-order valence-corrected chi connectivity index (χ0v) is 13.4. The van der Waals surface area contributed by atoms with Gasteiger partial charge >= 0.3 is 0 Å². The van der Waals surface area contributed by atoms with Gasteiger partial charge in [0.2, 0.25) is 0 Å². The Morgan fingerprint density at radius 3 is 2.60 bits per heavy atom. The molecule has 20 heavy (non-hydrogen) atoms. The van der Waals surface area contributed by atoms with Gasteiger partial charge in [0, 0.05) is 24.8 Å². The molecule has 1 aromatic carbocycles. The summed E-state index contributed by atoms with van der Waals surface area (Å²) >= 11 is 0. The first-order chi connectivity index (χ1) is 9.76. The predicted molar refractivity (Wildman–Crippen MR) is 88.5 cm³/mol. The fourth-order valence-electron chi connectivity index (χ4n) is 2.77. The van der Waals surface area contributed by atoms with Crippen LogP contribution in [0.2, 0.25) is 0 Å². The van der Waals surface area contributed by atoms with Gasteiger partial charge in [0.05, 0.1) is 0 Å². The molecule has 0 bridgehead atoms. The normalized spacial score (nSPS) is 14.6. The average molecular weight is 274 g/mol. The molecule has 0 atom stereocenters. The van der Waals surface area contributed by atoms with Crippen LogP contribution in [-0.2, 0) is 6.54 Å². The van der Waals surface area contributed by atoms with Crippen LogP contribution in [-0.4, -0.2) is 19.1 Å². The summed E-state index contributed by atoms with van der Waals surface area (Å²) in [5, 5.41) is 3.48. The molecule has 1 saturated carbocycles. The summed E-state index contributed by atoms with van der Waals surface area (Å²) in [5.74, 6) is 0. The molecule has 1 aliphatic carbocycles. The predicted octanol–water partition coefficient (Wildman–Crippen LogP) is 4.26. The summed E-state index contributed by atoms with van der Waals surface area (Å²) < 4.78 is 0. The number of anilines is 1. The van der Waals surface area contributed by atoms with Crippen LogP contribution in [0.4, 0.5) is 5.69 Å². The standard InChI is InChI=1S/C18H30N2/c1-4-6-12-20(17-8-9-17)18-10-7-16(13-15(18)3)14-19-11-5-2/h7,10,13,17,19H,4-6,8-9,11-12,14H2,1-3H3. The summed E-state index contributed by atoms with van der Waals surface area (Å²) in [5.41, 5.74) is 4.30. The monoisotopic (exact) mass is 274 g/mol. The van der Waals surface area contributed by atoms with Gasteiger partial charge < -0.3 is 10.2 Å². The lowest BCUT2D eigenvalue weighted by Gasteiger charge is -2.26. The van der Waals surface area contributed by atoms with Crippen molar-refractivity contribution in [2.75, 3.05) is 18.0 Å². The Balaban J connectivity index is 2.02. The van der Waals surface area contributed by atoms with Gasteiger partial charge in [-0.05, 0) is 56.3 Å². The summed E-state index contributed by atoms with van der Waals surface area (Å²) in [4.78, 5) is 2.64. The number of unbranched alkanes of at least 4 members (excludes halogenated alkanes) is 1. The van der Waals surface area contributed by atoms with Crippen LogP contribution in [0.1, 0.15) is 57.1 Å². The molecule has 1 fully saturated rings. The Kier molecular flexibility index (Phi) is 5.90. The molecule has 0 radical (unpaired) electrons. The second-order valence-corrected chi connectivity index (χ2v) is 6.08. The van der Waals surface area contributed by atoms with Gasteiger partial charge in [0.15, 0.2) is 0 Å². The van der Waals surface area contributed by atoms with Crippen molar-refractivity contribution < 1.29 is 0 Å². The summed E-state index contributed by atoms with van der Waals surface area (Å²) in [6.07, 6.45) is 6.53. The number of nitrogens with zero attached hydrogens (tertiary/aromatic N) is 1. The molecule has 0 aliphatic heterocycles. The third-order valence-electron chi connectivity index (χ3n) is 4.07. The van der Waals surface area contributed by atoms with Crippen LogP contribution in [0.25, 0.3) is 0 Å². The van der Waals surface area contributed by atoms with E-state index in [1.165, 1.54) is 55.5 Å². The summed E-state index contributed by atoms with van der Waals surface area (Å²) in [6, 6.07) is 7.81. The molecule has 1 N–H and O–H groups in total. The minimum atomic E-state index is 0.810. The van der Waals surface area contributed by atoms with Crippen molar-refractivity contribution in [3.05, 3.63) is 29.3 Å². The van der Waals surface area contributed by atoms with Crippen LogP contribution in [0, 0.1) is 6.92 Å². The average Bonchev–Trinajstić information content (AvgIpc) is 3.26. The molecule has 1 aliphatic rings. The second-order valence-electron chi connectivity index (χ2n) is 6.08. The van der Waals surface area contributed by atoms with Gasteiger partial charge in [-0.15, -0.1) is 0 Å². The Bertz CT molecular complexity index is 410. The highest BCUT2D eigenvalue weighted by Crippen LogP contribution is 2.34. The molecule has 112 valence electrons. The maximum absolute atomic E-state index is 3.48. The van der Waals surface area contributed by atoms with Crippen molar-refractivity contribution in [3.8, 4) is 0 Å². The van der Waals surface area contributed by atoms with Crippen molar-refractivity contribution in [2.45, 2.75) is 65.5 Å². The van der Waals surface area contributed by atoms with Gasteiger partial charge in [-0.25, -0.2) is 0 Å². The molecular weight excluding hydrogens is 244 g/mol. The third kappa shape index (κ3) is 4.24. The molecular formula is C18H30N2. The largest absolute Gasteiger partial charge is 0.368 e. The van der Waals surface area contributed by atoms with Crippen LogP contribution < -0.4 is 10.2 Å². The Morgan fingerprint density at radius 2 is 2.00 bits per heavy atom. The highest BCUT2D eigenvalue weighted by atomic mass is 15.2. The van der Waals surface area contributed by atoms with Crippen LogP contribution in [0.3, 0.4) is 0 Å². The van der Waals surface area contributed by atoms with E-state index in [1.807, 2.05) is 0 Å². The van der Waals surface area contributed by atoms with Crippen molar-refractivity contribution in [1.82, 2.24) is 5.32 Å². The summed E-state index contributed by atoms with van der Waals surface area (Å²) in [7, 11) is 0. The van der Waals surface area contributed by atoms with E-state index in [-0.39, 0.29) is 0 Å². The lowest BCUT2D eigenvalue weighted by molar-refractivity contribution is 0.674. The van der Waals surface area contributed by atoms with E-state index in [9.17, 15) is 0 Å². The van der Waals surface area contributed by atoms with E-state index in [0.29, 0.717) is 0 Å². The zero-order chi connectivity index (χ0) is 14.4. The molecule has 0 unspecified atom stereocenters. The molecule has 0 spiro atoms. The van der Waals surface area contributed by atoms with Crippen molar-refractivity contribution in [1.29, 1.82) is 0 Å². The minimum absolute atomic E-state index is 0.810. The number of rotatable bonds is 9. The molecule has 0 amide bonds. The molecule has 2 rings (SSSR count). The van der Waals surface area contributed by atoms with Gasteiger partial charge in [-0.3, -0.25) is 0 Å². The molecule has 0 saturated heterocycles. The lowest BCUT2D eigenvalue weighted by Crippen LogP contribution is -2.27. The van der Waals surface area contributed by atoms with Gasteiger partial charge in [-0.2, -0.15) is 0 Å². The topological polar surface area (TPSA) is 15.3 Å². The Morgan fingerprint density at radius 1 is 1.20 bits per heavy atom. The van der Waals surface area contributed by atoms with E-state index in [0.717, 1.165) is 19.1 Å². The summed E-state index contributed by atoms with van der Waals surface area (Å²) in [6.45, 7) is 10.1. The fourth-order valence-corrected chi connectivity index (χ4v) is 2.77. The van der Waals surface area contributed by atoms with E-state index < -0.39 is 0 Å². The zero-order valence-electron chi connectivity index (χ0n) is 13.4. The van der Waals surface area contributed by atoms with Crippen molar-refractivity contribution in [3.63, 3.8) is 0 Å². The molecule has 2 heteroatoms. The van der Waals surface area contributed by atoms with E-state index >= 15 is 0 Å². The van der Waals surface area contributed by atoms with E-state index in [2.05, 4.69) is 49.2 Å². The van der Waals surface area contributed by atoms with E-state index in [4.69, 9.17) is 0 Å². The van der Waals surface area contributed by atoms with E-state index in [1.54, 1.807) is 0 Å². The maximum atomic E-state index is 3.48. The first-order valence-electron chi connectivity index (χ1n) is 8.33.